The molecule has 24 heavy (non-hydrogen) atoms. The SMILES string of the molecule is COc1cccc(/C=C(\Cl)c2nc3sc4c(c3c(=O)[nH]2)CCC4)c1. The molecule has 3 aromatic rings. The fraction of sp³-hybridized carbons (Fsp3) is 0.222. The first-order chi connectivity index (χ1) is 11.7. The lowest BCUT2D eigenvalue weighted by molar-refractivity contribution is 0.414. The maximum atomic E-state index is 12.5. The number of thiophene rings is 1. The molecule has 4 nitrogen and oxygen atoms in total. The molecule has 0 radical (unpaired) electrons. The predicted octanol–water partition coefficient (Wildman–Crippen LogP) is 4.22. The molecule has 0 bridgehead atoms. The highest BCUT2D eigenvalue weighted by molar-refractivity contribution is 7.18. The van der Waals surface area contributed by atoms with Crippen molar-refractivity contribution in [3.63, 3.8) is 0 Å². The second-order valence-corrected chi connectivity index (χ2v) is 7.21. The summed E-state index contributed by atoms with van der Waals surface area (Å²) in [6.07, 6.45) is 4.90. The first kappa shape index (κ1) is 15.4. The van der Waals surface area contributed by atoms with Gasteiger partial charge in [-0.25, -0.2) is 4.98 Å². The van der Waals surface area contributed by atoms with E-state index in [0.717, 1.165) is 40.8 Å². The van der Waals surface area contributed by atoms with Crippen LogP contribution in [0.4, 0.5) is 0 Å². The molecule has 0 amide bonds. The monoisotopic (exact) mass is 358 g/mol. The van der Waals surface area contributed by atoms with Crippen LogP contribution in [-0.2, 0) is 12.8 Å². The fourth-order valence-electron chi connectivity index (χ4n) is 3.06. The third-order valence-corrected chi connectivity index (χ3v) is 5.66. The maximum absolute atomic E-state index is 12.5. The number of hydrogen-bond donors (Lipinski definition) is 1. The predicted molar refractivity (Wildman–Crippen MR) is 99.0 cm³/mol. The van der Waals surface area contributed by atoms with Gasteiger partial charge in [0.05, 0.1) is 17.5 Å². The van der Waals surface area contributed by atoms with Gasteiger partial charge in [0, 0.05) is 4.88 Å². The van der Waals surface area contributed by atoms with Gasteiger partial charge in [-0.1, -0.05) is 23.7 Å². The van der Waals surface area contributed by atoms with E-state index >= 15 is 0 Å². The Hall–Kier alpha value is -2.11. The number of nitrogens with zero attached hydrogens (tertiary/aromatic N) is 1. The van der Waals surface area contributed by atoms with Gasteiger partial charge < -0.3 is 9.72 Å². The Labute approximate surface area is 147 Å². The van der Waals surface area contributed by atoms with E-state index in [1.807, 2.05) is 24.3 Å². The zero-order valence-electron chi connectivity index (χ0n) is 13.1. The number of H-pyrrole nitrogens is 1. The number of fused-ring (bicyclic) bond motifs is 3. The van der Waals surface area contributed by atoms with Crippen molar-refractivity contribution in [1.82, 2.24) is 9.97 Å². The van der Waals surface area contributed by atoms with Crippen LogP contribution in [0.25, 0.3) is 21.3 Å². The van der Waals surface area contributed by atoms with Crippen LogP contribution in [0.2, 0.25) is 0 Å². The molecule has 2 heterocycles. The number of hydrogen-bond acceptors (Lipinski definition) is 4. The average molecular weight is 359 g/mol. The van der Waals surface area contributed by atoms with Crippen molar-refractivity contribution in [2.45, 2.75) is 19.3 Å². The van der Waals surface area contributed by atoms with Crippen molar-refractivity contribution in [2.24, 2.45) is 0 Å². The summed E-state index contributed by atoms with van der Waals surface area (Å²) in [6.45, 7) is 0. The van der Waals surface area contributed by atoms with E-state index in [4.69, 9.17) is 16.3 Å². The highest BCUT2D eigenvalue weighted by Gasteiger charge is 2.21. The molecule has 1 aliphatic rings. The number of ether oxygens (including phenoxy) is 1. The van der Waals surface area contributed by atoms with Crippen molar-refractivity contribution in [3.05, 3.63) is 56.4 Å². The van der Waals surface area contributed by atoms with Crippen molar-refractivity contribution in [3.8, 4) is 5.75 Å². The van der Waals surface area contributed by atoms with E-state index in [0.29, 0.717) is 10.9 Å². The van der Waals surface area contributed by atoms with Crippen LogP contribution in [0, 0.1) is 0 Å². The van der Waals surface area contributed by atoms with Crippen LogP contribution in [0.15, 0.2) is 29.1 Å². The molecular formula is C18H15ClN2O2S. The Morgan fingerprint density at radius 1 is 1.42 bits per heavy atom. The minimum atomic E-state index is -0.105. The van der Waals surface area contributed by atoms with E-state index in [1.54, 1.807) is 24.5 Å². The Morgan fingerprint density at radius 2 is 2.29 bits per heavy atom. The summed E-state index contributed by atoms with van der Waals surface area (Å²) in [5.41, 5.74) is 1.95. The molecule has 2 aromatic heterocycles. The first-order valence-electron chi connectivity index (χ1n) is 7.72. The summed E-state index contributed by atoms with van der Waals surface area (Å²) >= 11 is 8.00. The number of halogens is 1. The van der Waals surface area contributed by atoms with Gasteiger partial charge in [-0.15, -0.1) is 11.3 Å². The highest BCUT2D eigenvalue weighted by atomic mass is 35.5. The number of benzene rings is 1. The van der Waals surface area contributed by atoms with Crippen LogP contribution < -0.4 is 10.3 Å². The largest absolute Gasteiger partial charge is 0.497 e. The molecule has 1 aromatic carbocycles. The van der Waals surface area contributed by atoms with Gasteiger partial charge in [-0.3, -0.25) is 4.79 Å². The number of aromatic nitrogens is 2. The molecular weight excluding hydrogens is 344 g/mol. The van der Waals surface area contributed by atoms with Gasteiger partial charge >= 0.3 is 0 Å². The third kappa shape index (κ3) is 2.64. The van der Waals surface area contributed by atoms with Gasteiger partial charge in [0.2, 0.25) is 0 Å². The van der Waals surface area contributed by atoms with Gasteiger partial charge in [0.1, 0.15) is 10.6 Å². The zero-order chi connectivity index (χ0) is 16.7. The number of nitrogens with one attached hydrogen (secondary N) is 1. The Balaban J connectivity index is 1.78. The molecule has 4 rings (SSSR count). The molecule has 122 valence electrons. The second kappa shape index (κ2) is 6.07. The fourth-order valence-corrected chi connectivity index (χ4v) is 4.54. The second-order valence-electron chi connectivity index (χ2n) is 5.72. The highest BCUT2D eigenvalue weighted by Crippen LogP contribution is 2.35. The van der Waals surface area contributed by atoms with Crippen molar-refractivity contribution < 1.29 is 4.74 Å². The maximum Gasteiger partial charge on any atom is 0.260 e. The Morgan fingerprint density at radius 3 is 3.12 bits per heavy atom. The first-order valence-corrected chi connectivity index (χ1v) is 8.91. The van der Waals surface area contributed by atoms with Crippen LogP contribution in [0.3, 0.4) is 0 Å². The summed E-state index contributed by atoms with van der Waals surface area (Å²) in [5.74, 6) is 1.15. The molecule has 0 spiro atoms. The Bertz CT molecular complexity index is 1020. The lowest BCUT2D eigenvalue weighted by Gasteiger charge is -2.03. The number of rotatable bonds is 3. The number of aryl methyl sites for hydroxylation is 2. The molecule has 6 heteroatoms. The van der Waals surface area contributed by atoms with Gasteiger partial charge in [0.15, 0.2) is 5.82 Å². The smallest absolute Gasteiger partial charge is 0.260 e. The van der Waals surface area contributed by atoms with Gasteiger partial charge in [0.25, 0.3) is 5.56 Å². The standard InChI is InChI=1S/C18H15ClN2O2S/c1-23-11-5-2-4-10(8-11)9-13(19)16-20-17(22)15-12-6-3-7-14(12)24-18(15)21-16/h2,4-5,8-9H,3,6-7H2,1H3,(H,20,21,22)/b13-9-. The van der Waals surface area contributed by atoms with Gasteiger partial charge in [-0.2, -0.15) is 0 Å². The third-order valence-electron chi connectivity index (χ3n) is 4.19. The number of aromatic amines is 1. The van der Waals surface area contributed by atoms with Gasteiger partial charge in [-0.05, 0) is 48.6 Å². The quantitative estimate of drug-likeness (QED) is 0.762. The molecule has 0 saturated carbocycles. The average Bonchev–Trinajstić information content (AvgIpc) is 3.15. The van der Waals surface area contributed by atoms with Crippen molar-refractivity contribution in [2.75, 3.05) is 7.11 Å². The number of methoxy groups -OCH3 is 1. The van der Waals surface area contributed by atoms with Crippen LogP contribution in [-0.4, -0.2) is 17.1 Å². The molecule has 0 saturated heterocycles. The van der Waals surface area contributed by atoms with Crippen LogP contribution in [0.5, 0.6) is 5.75 Å². The van der Waals surface area contributed by atoms with E-state index in [1.165, 1.54) is 10.4 Å². The van der Waals surface area contributed by atoms with Crippen LogP contribution in [0.1, 0.15) is 28.2 Å². The van der Waals surface area contributed by atoms with E-state index < -0.39 is 0 Å². The molecule has 1 N–H and O–H groups in total. The molecule has 0 atom stereocenters. The summed E-state index contributed by atoms with van der Waals surface area (Å²) in [7, 11) is 1.62. The van der Waals surface area contributed by atoms with Crippen molar-refractivity contribution >= 4 is 44.3 Å². The molecule has 0 unspecified atom stereocenters. The topological polar surface area (TPSA) is 55.0 Å². The summed E-state index contributed by atoms with van der Waals surface area (Å²) < 4.78 is 5.21. The summed E-state index contributed by atoms with van der Waals surface area (Å²) in [6, 6.07) is 7.54. The van der Waals surface area contributed by atoms with E-state index in [-0.39, 0.29) is 5.56 Å². The van der Waals surface area contributed by atoms with E-state index in [9.17, 15) is 4.79 Å². The van der Waals surface area contributed by atoms with E-state index in [2.05, 4.69) is 9.97 Å². The minimum absolute atomic E-state index is 0.105. The minimum Gasteiger partial charge on any atom is -0.497 e. The lowest BCUT2D eigenvalue weighted by atomic mass is 10.2. The summed E-state index contributed by atoms with van der Waals surface area (Å²) in [4.78, 5) is 21.9. The lowest BCUT2D eigenvalue weighted by Crippen LogP contribution is -2.10. The van der Waals surface area contributed by atoms with Crippen molar-refractivity contribution in [1.29, 1.82) is 0 Å². The van der Waals surface area contributed by atoms with Crippen LogP contribution >= 0.6 is 22.9 Å². The molecule has 0 fully saturated rings. The zero-order valence-corrected chi connectivity index (χ0v) is 14.6. The molecule has 0 aliphatic heterocycles. The molecule has 1 aliphatic carbocycles. The summed E-state index contributed by atoms with van der Waals surface area (Å²) in [5, 5.41) is 1.14. The Kier molecular flexibility index (Phi) is 3.90. The normalized spacial score (nSPS) is 14.2.